The molecule has 0 aliphatic carbocycles. The molecule has 0 rings (SSSR count). The molecule has 0 aromatic rings. The van der Waals surface area contributed by atoms with Crippen molar-refractivity contribution in [3.63, 3.8) is 0 Å². The number of unbranched alkanes of at least 4 members (excludes halogenated alkanes) is 28. The number of nitrogens with one attached hydrogen (secondary N) is 1. The minimum atomic E-state index is -1.10. The van der Waals surface area contributed by atoms with Gasteiger partial charge in [-0.25, -0.2) is 0 Å². The maximum Gasteiger partial charge on any atom is 0.249 e. The third-order valence-corrected chi connectivity index (χ3v) is 9.79. The lowest BCUT2D eigenvalue weighted by atomic mass is 10.0. The second kappa shape index (κ2) is 38.6. The van der Waals surface area contributed by atoms with Crippen molar-refractivity contribution in [1.82, 2.24) is 5.32 Å². The van der Waals surface area contributed by atoms with Crippen molar-refractivity contribution in [2.45, 2.75) is 238 Å². The second-order valence-electron chi connectivity index (χ2n) is 14.6. The van der Waals surface area contributed by atoms with Crippen LogP contribution in [-0.4, -0.2) is 46.1 Å². The molecular formula is C43H83NO4. The molecule has 284 valence electrons. The highest BCUT2D eigenvalue weighted by atomic mass is 16.3. The lowest BCUT2D eigenvalue weighted by Crippen LogP contribution is -2.48. The van der Waals surface area contributed by atoms with Crippen LogP contribution < -0.4 is 5.32 Å². The molecule has 4 N–H and O–H groups in total. The minimum absolute atomic E-state index is 0.373. The Hall–Kier alpha value is -1.17. The van der Waals surface area contributed by atoms with E-state index >= 15 is 0 Å². The van der Waals surface area contributed by atoms with Gasteiger partial charge in [-0.05, 0) is 32.1 Å². The Labute approximate surface area is 299 Å². The van der Waals surface area contributed by atoms with Crippen molar-refractivity contribution in [3.05, 3.63) is 24.3 Å². The average molecular weight is 678 g/mol. The lowest BCUT2D eigenvalue weighted by Gasteiger charge is -2.21. The number of allylic oxidation sites excluding steroid dienone is 3. The summed E-state index contributed by atoms with van der Waals surface area (Å²) < 4.78 is 0. The molecule has 3 unspecified atom stereocenters. The zero-order chi connectivity index (χ0) is 35.2. The number of carbonyl (C=O) groups is 1. The van der Waals surface area contributed by atoms with Gasteiger partial charge in [-0.2, -0.15) is 0 Å². The molecular weight excluding hydrogens is 594 g/mol. The van der Waals surface area contributed by atoms with Gasteiger partial charge in [0.15, 0.2) is 0 Å². The van der Waals surface area contributed by atoms with E-state index in [1.807, 2.05) is 6.08 Å². The van der Waals surface area contributed by atoms with E-state index in [9.17, 15) is 20.1 Å². The summed E-state index contributed by atoms with van der Waals surface area (Å²) in [6, 6.07) is -0.809. The van der Waals surface area contributed by atoms with E-state index in [1.54, 1.807) is 6.08 Å². The van der Waals surface area contributed by atoms with E-state index in [4.69, 9.17) is 0 Å². The molecule has 0 saturated carbocycles. The maximum absolute atomic E-state index is 12.4. The van der Waals surface area contributed by atoms with Crippen molar-refractivity contribution >= 4 is 5.91 Å². The van der Waals surface area contributed by atoms with Crippen LogP contribution in [0.1, 0.15) is 219 Å². The van der Waals surface area contributed by atoms with Gasteiger partial charge in [-0.15, -0.1) is 0 Å². The predicted molar refractivity (Wildman–Crippen MR) is 208 cm³/mol. The maximum atomic E-state index is 12.4. The number of aliphatic hydroxyl groups excluding tert-OH is 3. The number of rotatable bonds is 38. The summed E-state index contributed by atoms with van der Waals surface area (Å²) >= 11 is 0. The van der Waals surface area contributed by atoms with Crippen molar-refractivity contribution < 1.29 is 20.1 Å². The van der Waals surface area contributed by atoms with Crippen molar-refractivity contribution in [2.24, 2.45) is 0 Å². The van der Waals surface area contributed by atoms with E-state index in [0.29, 0.717) is 6.42 Å². The van der Waals surface area contributed by atoms with Crippen LogP contribution in [0.4, 0.5) is 0 Å². The highest BCUT2D eigenvalue weighted by Gasteiger charge is 2.22. The zero-order valence-corrected chi connectivity index (χ0v) is 32.1. The molecule has 5 nitrogen and oxygen atoms in total. The molecule has 0 aromatic heterocycles. The minimum Gasteiger partial charge on any atom is -0.394 e. The third-order valence-electron chi connectivity index (χ3n) is 9.79. The molecule has 0 bridgehead atoms. The molecule has 0 radical (unpaired) electrons. The predicted octanol–water partition coefficient (Wildman–Crippen LogP) is 11.8. The molecule has 3 atom stereocenters. The van der Waals surface area contributed by atoms with Crippen LogP contribution in [0.2, 0.25) is 0 Å². The topological polar surface area (TPSA) is 89.8 Å². The van der Waals surface area contributed by atoms with Crippen molar-refractivity contribution in [1.29, 1.82) is 0 Å². The van der Waals surface area contributed by atoms with Crippen LogP contribution in [-0.2, 0) is 4.79 Å². The number of hydrogen-bond donors (Lipinski definition) is 4. The quantitative estimate of drug-likeness (QED) is 0.0387. The molecule has 5 heteroatoms. The van der Waals surface area contributed by atoms with Crippen LogP contribution in [0.15, 0.2) is 24.3 Å². The van der Waals surface area contributed by atoms with Gasteiger partial charge >= 0.3 is 0 Å². The summed E-state index contributed by atoms with van der Waals surface area (Å²) in [5, 5.41) is 33.0. The third kappa shape index (κ3) is 33.3. The fourth-order valence-corrected chi connectivity index (χ4v) is 6.44. The highest BCUT2D eigenvalue weighted by Crippen LogP contribution is 2.15. The molecule has 1 amide bonds. The van der Waals surface area contributed by atoms with Crippen molar-refractivity contribution in [3.8, 4) is 0 Å². The standard InChI is InChI=1S/C43H83NO4/c1-3-5-7-9-11-13-15-16-17-18-19-20-21-22-23-24-25-26-28-29-31-33-35-37-41(46)40(39-45)44-43(48)42(47)38-36-34-32-30-27-14-12-10-8-6-4-2/h28-29,35,37,40-42,45-47H,3-27,30-34,36,38-39H2,1-2H3,(H,44,48)/b29-28+,37-35+. The van der Waals surface area contributed by atoms with Gasteiger partial charge in [0, 0.05) is 0 Å². The van der Waals surface area contributed by atoms with Gasteiger partial charge in [-0.1, -0.05) is 212 Å². The normalized spacial score (nSPS) is 13.9. The summed E-state index contributed by atoms with van der Waals surface area (Å²) in [6.45, 7) is 4.16. The SMILES string of the molecule is CCCCCCCCCCCCCCCCCCC/C=C/CC/C=C/C(O)C(CO)NC(=O)C(O)CCCCCCCCCCCCC. The summed E-state index contributed by atoms with van der Waals surface area (Å²) in [4.78, 5) is 12.4. The zero-order valence-electron chi connectivity index (χ0n) is 32.1. The van der Waals surface area contributed by atoms with Gasteiger partial charge in [0.2, 0.25) is 5.91 Å². The first-order valence-electron chi connectivity index (χ1n) is 21.2. The highest BCUT2D eigenvalue weighted by molar-refractivity contribution is 5.80. The second-order valence-corrected chi connectivity index (χ2v) is 14.6. The van der Waals surface area contributed by atoms with Crippen LogP contribution in [0.5, 0.6) is 0 Å². The first-order valence-corrected chi connectivity index (χ1v) is 21.2. The largest absolute Gasteiger partial charge is 0.394 e. The van der Waals surface area contributed by atoms with E-state index in [0.717, 1.165) is 38.5 Å². The van der Waals surface area contributed by atoms with E-state index in [2.05, 4.69) is 31.3 Å². The molecule has 0 heterocycles. The Balaban J connectivity index is 3.68. The molecule has 0 fully saturated rings. The van der Waals surface area contributed by atoms with E-state index < -0.39 is 24.2 Å². The van der Waals surface area contributed by atoms with Crippen LogP contribution in [0.3, 0.4) is 0 Å². The number of hydrogen-bond acceptors (Lipinski definition) is 4. The average Bonchev–Trinajstić information content (AvgIpc) is 3.09. The fourth-order valence-electron chi connectivity index (χ4n) is 6.44. The van der Waals surface area contributed by atoms with Gasteiger partial charge < -0.3 is 20.6 Å². The van der Waals surface area contributed by atoms with Gasteiger partial charge in [0.05, 0.1) is 18.8 Å². The first kappa shape index (κ1) is 46.8. The lowest BCUT2D eigenvalue weighted by molar-refractivity contribution is -0.131. The molecule has 0 saturated heterocycles. The monoisotopic (exact) mass is 678 g/mol. The summed E-state index contributed by atoms with van der Waals surface area (Å²) in [5.41, 5.74) is 0. The Morgan fingerprint density at radius 1 is 0.500 bits per heavy atom. The van der Waals surface area contributed by atoms with Crippen LogP contribution >= 0.6 is 0 Å². The molecule has 0 aromatic carbocycles. The van der Waals surface area contributed by atoms with Crippen LogP contribution in [0.25, 0.3) is 0 Å². The Morgan fingerprint density at radius 3 is 1.27 bits per heavy atom. The van der Waals surface area contributed by atoms with E-state index in [-0.39, 0.29) is 6.61 Å². The number of carbonyl (C=O) groups excluding carboxylic acids is 1. The molecule has 0 spiro atoms. The van der Waals surface area contributed by atoms with Crippen molar-refractivity contribution in [2.75, 3.05) is 6.61 Å². The molecule has 48 heavy (non-hydrogen) atoms. The van der Waals surface area contributed by atoms with Gasteiger partial charge in [0.1, 0.15) is 6.10 Å². The smallest absolute Gasteiger partial charge is 0.249 e. The first-order chi connectivity index (χ1) is 23.6. The number of amides is 1. The van der Waals surface area contributed by atoms with Gasteiger partial charge in [-0.3, -0.25) is 4.79 Å². The molecule has 0 aliphatic rings. The summed E-state index contributed by atoms with van der Waals surface area (Å²) in [6.07, 6.45) is 46.5. The molecule has 0 aliphatic heterocycles. The number of aliphatic hydroxyl groups is 3. The Bertz CT molecular complexity index is 709. The fraction of sp³-hybridized carbons (Fsp3) is 0.884. The van der Waals surface area contributed by atoms with E-state index in [1.165, 1.54) is 161 Å². The Morgan fingerprint density at radius 2 is 0.854 bits per heavy atom. The van der Waals surface area contributed by atoms with Gasteiger partial charge in [0.25, 0.3) is 0 Å². The summed E-state index contributed by atoms with van der Waals surface area (Å²) in [7, 11) is 0. The van der Waals surface area contributed by atoms with Crippen LogP contribution in [0, 0.1) is 0 Å². The summed E-state index contributed by atoms with van der Waals surface area (Å²) in [5.74, 6) is -0.513. The Kier molecular flexibility index (Phi) is 37.7.